The van der Waals surface area contributed by atoms with Gasteiger partial charge in [-0.25, -0.2) is 4.68 Å². The smallest absolute Gasteiger partial charge is 0.315 e. The van der Waals surface area contributed by atoms with E-state index in [1.807, 2.05) is 0 Å². The molecule has 2 aromatic rings. The molecule has 0 aliphatic rings. The standard InChI is InChI=1S/C12H13N3O3S/c1-2-18-11(16)7-19-8-15-12(17)9-5-3-4-6-10(9)13-14-15/h3-6H,2,7-8H2,1H3. The van der Waals surface area contributed by atoms with E-state index in [0.717, 1.165) is 0 Å². The summed E-state index contributed by atoms with van der Waals surface area (Å²) >= 11 is 1.26. The highest BCUT2D eigenvalue weighted by molar-refractivity contribution is 7.98. The van der Waals surface area contributed by atoms with Crippen molar-refractivity contribution in [2.75, 3.05) is 12.4 Å². The van der Waals surface area contributed by atoms with Crippen LogP contribution in [0.4, 0.5) is 0 Å². The maximum atomic E-state index is 12.1. The van der Waals surface area contributed by atoms with Crippen molar-refractivity contribution in [3.05, 3.63) is 34.6 Å². The van der Waals surface area contributed by atoms with Crippen molar-refractivity contribution in [3.63, 3.8) is 0 Å². The molecule has 100 valence electrons. The van der Waals surface area contributed by atoms with Gasteiger partial charge in [0, 0.05) is 0 Å². The molecule has 0 spiro atoms. The summed E-state index contributed by atoms with van der Waals surface area (Å²) in [5, 5.41) is 8.31. The third-order valence-electron chi connectivity index (χ3n) is 2.37. The number of fused-ring (bicyclic) bond motifs is 1. The lowest BCUT2D eigenvalue weighted by molar-refractivity contribution is -0.139. The molecule has 0 aliphatic carbocycles. The SMILES string of the molecule is CCOC(=O)CSCn1nnc2ccccc2c1=O. The molecule has 6 nitrogen and oxygen atoms in total. The zero-order valence-electron chi connectivity index (χ0n) is 10.4. The van der Waals surface area contributed by atoms with E-state index < -0.39 is 0 Å². The van der Waals surface area contributed by atoms with E-state index in [1.54, 1.807) is 31.2 Å². The normalized spacial score (nSPS) is 10.6. The van der Waals surface area contributed by atoms with Crippen LogP contribution in [0.5, 0.6) is 0 Å². The number of carbonyl (C=O) groups excluding carboxylic acids is 1. The van der Waals surface area contributed by atoms with Crippen molar-refractivity contribution >= 4 is 28.6 Å². The Bertz CT molecular complexity index is 641. The summed E-state index contributed by atoms with van der Waals surface area (Å²) in [6, 6.07) is 7.02. The molecular formula is C12H13N3O3S. The third-order valence-corrected chi connectivity index (χ3v) is 3.24. The molecule has 0 radical (unpaired) electrons. The van der Waals surface area contributed by atoms with E-state index in [2.05, 4.69) is 10.3 Å². The molecule has 2 rings (SSSR count). The van der Waals surface area contributed by atoms with Crippen molar-refractivity contribution in [2.45, 2.75) is 12.8 Å². The fourth-order valence-corrected chi connectivity index (χ4v) is 2.21. The Kier molecular flexibility index (Phi) is 4.51. The third kappa shape index (κ3) is 3.31. The van der Waals surface area contributed by atoms with Gasteiger partial charge in [0.15, 0.2) is 0 Å². The molecule has 0 bridgehead atoms. The van der Waals surface area contributed by atoms with Gasteiger partial charge in [0.25, 0.3) is 5.56 Å². The molecular weight excluding hydrogens is 266 g/mol. The van der Waals surface area contributed by atoms with Gasteiger partial charge < -0.3 is 4.74 Å². The lowest BCUT2D eigenvalue weighted by atomic mass is 10.2. The molecule has 1 aromatic carbocycles. The number of hydrogen-bond acceptors (Lipinski definition) is 6. The summed E-state index contributed by atoms with van der Waals surface area (Å²) in [5.74, 6) is 0.166. The first-order valence-corrected chi connectivity index (χ1v) is 6.93. The predicted molar refractivity (Wildman–Crippen MR) is 72.9 cm³/mol. The first kappa shape index (κ1) is 13.5. The van der Waals surface area contributed by atoms with Crippen LogP contribution >= 0.6 is 11.8 Å². The molecule has 19 heavy (non-hydrogen) atoms. The van der Waals surface area contributed by atoms with Crippen LogP contribution in [0.1, 0.15) is 6.92 Å². The minimum Gasteiger partial charge on any atom is -0.465 e. The number of aromatic nitrogens is 3. The molecule has 0 saturated heterocycles. The quantitative estimate of drug-likeness (QED) is 0.761. The van der Waals surface area contributed by atoms with Crippen molar-refractivity contribution in [1.82, 2.24) is 15.0 Å². The van der Waals surface area contributed by atoms with Crippen molar-refractivity contribution in [3.8, 4) is 0 Å². The number of benzene rings is 1. The van der Waals surface area contributed by atoms with Gasteiger partial charge in [-0.1, -0.05) is 17.3 Å². The van der Waals surface area contributed by atoms with E-state index in [-0.39, 0.29) is 23.2 Å². The number of ether oxygens (including phenoxy) is 1. The number of thioether (sulfide) groups is 1. The molecule has 1 aromatic heterocycles. The van der Waals surface area contributed by atoms with Gasteiger partial charge in [-0.3, -0.25) is 9.59 Å². The lowest BCUT2D eigenvalue weighted by Gasteiger charge is -2.04. The Balaban J connectivity index is 2.07. The van der Waals surface area contributed by atoms with Crippen LogP contribution in [0, 0.1) is 0 Å². The first-order valence-electron chi connectivity index (χ1n) is 5.78. The van der Waals surface area contributed by atoms with Gasteiger partial charge in [-0.05, 0) is 19.1 Å². The fourth-order valence-electron chi connectivity index (χ4n) is 1.53. The second-order valence-corrected chi connectivity index (χ2v) is 4.65. The fraction of sp³-hybridized carbons (Fsp3) is 0.333. The van der Waals surface area contributed by atoms with Gasteiger partial charge in [0.05, 0.1) is 23.6 Å². The molecule has 0 amide bonds. The average molecular weight is 279 g/mol. The van der Waals surface area contributed by atoms with Gasteiger partial charge in [-0.15, -0.1) is 16.9 Å². The van der Waals surface area contributed by atoms with Crippen LogP contribution in [0.2, 0.25) is 0 Å². The van der Waals surface area contributed by atoms with E-state index in [1.165, 1.54) is 16.4 Å². The van der Waals surface area contributed by atoms with Gasteiger partial charge in [-0.2, -0.15) is 0 Å². The van der Waals surface area contributed by atoms with Crippen LogP contribution in [0.25, 0.3) is 10.9 Å². The molecule has 0 aliphatic heterocycles. The largest absolute Gasteiger partial charge is 0.465 e. The molecule has 0 atom stereocenters. The Morgan fingerprint density at radius 2 is 2.21 bits per heavy atom. The second kappa shape index (κ2) is 6.33. The van der Waals surface area contributed by atoms with Crippen LogP contribution in [0.3, 0.4) is 0 Å². The van der Waals surface area contributed by atoms with Crippen LogP contribution in [-0.2, 0) is 15.4 Å². The molecule has 0 unspecified atom stereocenters. The summed E-state index contributed by atoms with van der Waals surface area (Å²) in [7, 11) is 0. The number of esters is 1. The number of hydrogen-bond donors (Lipinski definition) is 0. The predicted octanol–water partition coefficient (Wildman–Crippen LogP) is 1.05. The first-order chi connectivity index (χ1) is 9.22. The van der Waals surface area contributed by atoms with E-state index in [4.69, 9.17) is 4.74 Å². The maximum Gasteiger partial charge on any atom is 0.315 e. The van der Waals surface area contributed by atoms with Crippen LogP contribution < -0.4 is 5.56 Å². The summed E-state index contributed by atoms with van der Waals surface area (Å²) in [5.41, 5.74) is 0.362. The topological polar surface area (TPSA) is 74.1 Å². The van der Waals surface area contributed by atoms with Gasteiger partial charge in [0.2, 0.25) is 0 Å². The molecule has 1 heterocycles. The van der Waals surface area contributed by atoms with Crippen molar-refractivity contribution in [1.29, 1.82) is 0 Å². The molecule has 7 heteroatoms. The summed E-state index contributed by atoms with van der Waals surface area (Å²) < 4.78 is 6.04. The lowest BCUT2D eigenvalue weighted by Crippen LogP contribution is -2.23. The Hall–Kier alpha value is -1.89. The number of rotatable bonds is 5. The second-order valence-electron chi connectivity index (χ2n) is 3.69. The zero-order chi connectivity index (χ0) is 13.7. The van der Waals surface area contributed by atoms with Gasteiger partial charge >= 0.3 is 5.97 Å². The summed E-state index contributed by atoms with van der Waals surface area (Å²) in [6.45, 7) is 2.11. The zero-order valence-corrected chi connectivity index (χ0v) is 11.2. The highest BCUT2D eigenvalue weighted by atomic mass is 32.2. The molecule has 0 fully saturated rings. The number of carbonyl (C=O) groups is 1. The maximum absolute atomic E-state index is 12.1. The minimum absolute atomic E-state index is 0.189. The van der Waals surface area contributed by atoms with Crippen LogP contribution in [0.15, 0.2) is 29.1 Å². The van der Waals surface area contributed by atoms with Gasteiger partial charge in [0.1, 0.15) is 5.52 Å². The molecule has 0 N–H and O–H groups in total. The summed E-state index contributed by atoms with van der Waals surface area (Å²) in [4.78, 5) is 23.2. The van der Waals surface area contributed by atoms with Crippen molar-refractivity contribution in [2.24, 2.45) is 0 Å². The minimum atomic E-state index is -0.297. The van der Waals surface area contributed by atoms with E-state index >= 15 is 0 Å². The monoisotopic (exact) mass is 279 g/mol. The van der Waals surface area contributed by atoms with E-state index in [0.29, 0.717) is 17.5 Å². The highest BCUT2D eigenvalue weighted by Gasteiger charge is 2.06. The Morgan fingerprint density at radius 3 is 3.00 bits per heavy atom. The number of nitrogens with zero attached hydrogens (tertiary/aromatic N) is 3. The van der Waals surface area contributed by atoms with Crippen LogP contribution in [-0.4, -0.2) is 33.3 Å². The Labute approximate surface area is 113 Å². The van der Waals surface area contributed by atoms with Crippen molar-refractivity contribution < 1.29 is 9.53 Å². The molecule has 0 saturated carbocycles. The highest BCUT2D eigenvalue weighted by Crippen LogP contribution is 2.06. The summed E-state index contributed by atoms with van der Waals surface area (Å²) in [6.07, 6.45) is 0. The average Bonchev–Trinajstić information content (AvgIpc) is 2.42. The van der Waals surface area contributed by atoms with E-state index in [9.17, 15) is 9.59 Å². The Morgan fingerprint density at radius 1 is 1.42 bits per heavy atom.